The predicted octanol–water partition coefficient (Wildman–Crippen LogP) is 1.61. The van der Waals surface area contributed by atoms with E-state index >= 15 is 0 Å². The molecule has 96 valence electrons. The molecule has 1 unspecified atom stereocenters. The molecule has 1 aliphatic rings. The van der Waals surface area contributed by atoms with Gasteiger partial charge in [-0.2, -0.15) is 0 Å². The van der Waals surface area contributed by atoms with Crippen LogP contribution in [-0.2, 0) is 0 Å². The van der Waals surface area contributed by atoms with Gasteiger partial charge in [-0.05, 0) is 52.7 Å². The Morgan fingerprint density at radius 2 is 2.12 bits per heavy atom. The SMILES string of the molecule is CCNC(C)(CO)CCCN(C)C1CCC1. The summed E-state index contributed by atoms with van der Waals surface area (Å²) >= 11 is 0. The summed E-state index contributed by atoms with van der Waals surface area (Å²) in [5, 5.41) is 12.7. The number of rotatable bonds is 8. The van der Waals surface area contributed by atoms with Crippen LogP contribution in [0, 0.1) is 0 Å². The first-order chi connectivity index (χ1) is 7.61. The summed E-state index contributed by atoms with van der Waals surface area (Å²) in [7, 11) is 2.23. The molecule has 1 aliphatic carbocycles. The van der Waals surface area contributed by atoms with Crippen LogP contribution in [0.15, 0.2) is 0 Å². The maximum atomic E-state index is 9.37. The molecule has 3 heteroatoms. The summed E-state index contributed by atoms with van der Waals surface area (Å²) in [5.41, 5.74) is -0.0881. The van der Waals surface area contributed by atoms with Crippen molar-refractivity contribution in [3.63, 3.8) is 0 Å². The van der Waals surface area contributed by atoms with Crippen molar-refractivity contribution in [2.75, 3.05) is 26.7 Å². The lowest BCUT2D eigenvalue weighted by Gasteiger charge is -2.36. The lowest BCUT2D eigenvalue weighted by atomic mass is 9.91. The van der Waals surface area contributed by atoms with Crippen molar-refractivity contribution in [1.82, 2.24) is 10.2 Å². The van der Waals surface area contributed by atoms with E-state index in [9.17, 15) is 5.11 Å². The predicted molar refractivity (Wildman–Crippen MR) is 68.7 cm³/mol. The van der Waals surface area contributed by atoms with Gasteiger partial charge in [-0.1, -0.05) is 13.3 Å². The van der Waals surface area contributed by atoms with Crippen LogP contribution in [0.4, 0.5) is 0 Å². The van der Waals surface area contributed by atoms with Crippen LogP contribution in [0.1, 0.15) is 46.0 Å². The highest BCUT2D eigenvalue weighted by atomic mass is 16.3. The fourth-order valence-electron chi connectivity index (χ4n) is 2.38. The quantitative estimate of drug-likeness (QED) is 0.662. The minimum absolute atomic E-state index is 0.0881. The largest absolute Gasteiger partial charge is 0.394 e. The molecular formula is C13H28N2O. The second kappa shape index (κ2) is 6.58. The third-order valence-electron chi connectivity index (χ3n) is 3.89. The highest BCUT2D eigenvalue weighted by Gasteiger charge is 2.24. The minimum Gasteiger partial charge on any atom is -0.394 e. The van der Waals surface area contributed by atoms with E-state index in [2.05, 4.69) is 31.1 Å². The van der Waals surface area contributed by atoms with E-state index in [1.165, 1.54) is 19.3 Å². The first-order valence-electron chi connectivity index (χ1n) is 6.67. The average molecular weight is 228 g/mol. The van der Waals surface area contributed by atoms with Crippen LogP contribution in [0.5, 0.6) is 0 Å². The van der Waals surface area contributed by atoms with Gasteiger partial charge in [-0.15, -0.1) is 0 Å². The monoisotopic (exact) mass is 228 g/mol. The summed E-state index contributed by atoms with van der Waals surface area (Å²) < 4.78 is 0. The lowest BCUT2D eigenvalue weighted by Crippen LogP contribution is -2.46. The Hall–Kier alpha value is -0.120. The second-order valence-electron chi connectivity index (χ2n) is 5.42. The van der Waals surface area contributed by atoms with Gasteiger partial charge in [0.1, 0.15) is 0 Å². The number of aliphatic hydroxyl groups excluding tert-OH is 1. The fraction of sp³-hybridized carbons (Fsp3) is 1.00. The molecule has 0 spiro atoms. The molecule has 1 atom stereocenters. The molecular weight excluding hydrogens is 200 g/mol. The van der Waals surface area contributed by atoms with E-state index in [4.69, 9.17) is 0 Å². The van der Waals surface area contributed by atoms with Gasteiger partial charge >= 0.3 is 0 Å². The van der Waals surface area contributed by atoms with Crippen LogP contribution in [0.2, 0.25) is 0 Å². The Morgan fingerprint density at radius 1 is 1.44 bits per heavy atom. The molecule has 0 bridgehead atoms. The molecule has 0 aromatic carbocycles. The van der Waals surface area contributed by atoms with Crippen LogP contribution in [0.3, 0.4) is 0 Å². The van der Waals surface area contributed by atoms with E-state index < -0.39 is 0 Å². The summed E-state index contributed by atoms with van der Waals surface area (Å²) in [5.74, 6) is 0. The third kappa shape index (κ3) is 4.04. The molecule has 0 saturated heterocycles. The molecule has 0 radical (unpaired) electrons. The first kappa shape index (κ1) is 13.9. The molecule has 0 aromatic rings. The van der Waals surface area contributed by atoms with Gasteiger partial charge in [0.15, 0.2) is 0 Å². The molecule has 16 heavy (non-hydrogen) atoms. The van der Waals surface area contributed by atoms with Crippen LogP contribution >= 0.6 is 0 Å². The number of aliphatic hydroxyl groups is 1. The van der Waals surface area contributed by atoms with Crippen molar-refractivity contribution in [2.45, 2.75) is 57.5 Å². The van der Waals surface area contributed by atoms with Gasteiger partial charge < -0.3 is 15.3 Å². The molecule has 1 fully saturated rings. The number of hydrogen-bond donors (Lipinski definition) is 2. The highest BCUT2D eigenvalue weighted by Crippen LogP contribution is 2.24. The normalized spacial score (nSPS) is 20.8. The number of likely N-dealkylation sites (N-methyl/N-ethyl adjacent to an activating group) is 1. The summed E-state index contributed by atoms with van der Waals surface area (Å²) in [6.07, 6.45) is 6.37. The van der Waals surface area contributed by atoms with Crippen molar-refractivity contribution in [1.29, 1.82) is 0 Å². The minimum atomic E-state index is -0.0881. The van der Waals surface area contributed by atoms with Crippen LogP contribution in [0.25, 0.3) is 0 Å². The van der Waals surface area contributed by atoms with Gasteiger partial charge in [0.05, 0.1) is 6.61 Å². The van der Waals surface area contributed by atoms with E-state index in [0.717, 1.165) is 32.0 Å². The van der Waals surface area contributed by atoms with Crippen molar-refractivity contribution in [3.05, 3.63) is 0 Å². The third-order valence-corrected chi connectivity index (χ3v) is 3.89. The van der Waals surface area contributed by atoms with Gasteiger partial charge in [0, 0.05) is 11.6 Å². The topological polar surface area (TPSA) is 35.5 Å². The molecule has 3 nitrogen and oxygen atoms in total. The van der Waals surface area contributed by atoms with Gasteiger partial charge in [-0.25, -0.2) is 0 Å². The fourth-order valence-corrected chi connectivity index (χ4v) is 2.38. The molecule has 1 rings (SSSR count). The number of nitrogens with zero attached hydrogens (tertiary/aromatic N) is 1. The zero-order valence-corrected chi connectivity index (χ0v) is 11.1. The number of hydrogen-bond acceptors (Lipinski definition) is 3. The van der Waals surface area contributed by atoms with Crippen LogP contribution < -0.4 is 5.32 Å². The molecule has 0 aliphatic heterocycles. The summed E-state index contributed by atoms with van der Waals surface area (Å²) in [6.45, 7) is 6.52. The van der Waals surface area contributed by atoms with Crippen molar-refractivity contribution >= 4 is 0 Å². The van der Waals surface area contributed by atoms with Gasteiger partial charge in [0.2, 0.25) is 0 Å². The molecule has 0 heterocycles. The Bertz CT molecular complexity index is 194. The summed E-state index contributed by atoms with van der Waals surface area (Å²) in [4.78, 5) is 2.48. The van der Waals surface area contributed by atoms with Gasteiger partial charge in [-0.3, -0.25) is 0 Å². The zero-order chi connectivity index (χ0) is 12.0. The van der Waals surface area contributed by atoms with Crippen molar-refractivity contribution < 1.29 is 5.11 Å². The molecule has 2 N–H and O–H groups in total. The molecule has 0 aromatic heterocycles. The Kier molecular flexibility index (Phi) is 5.73. The van der Waals surface area contributed by atoms with E-state index in [0.29, 0.717) is 0 Å². The lowest BCUT2D eigenvalue weighted by molar-refractivity contribution is 0.135. The first-order valence-corrected chi connectivity index (χ1v) is 6.67. The smallest absolute Gasteiger partial charge is 0.0610 e. The summed E-state index contributed by atoms with van der Waals surface area (Å²) in [6, 6.07) is 0.833. The van der Waals surface area contributed by atoms with E-state index in [-0.39, 0.29) is 12.1 Å². The van der Waals surface area contributed by atoms with E-state index in [1.807, 2.05) is 0 Å². The highest BCUT2D eigenvalue weighted by molar-refractivity contribution is 4.83. The standard InChI is InChI=1S/C13H28N2O/c1-4-14-13(2,11-16)9-6-10-15(3)12-7-5-8-12/h12,14,16H,4-11H2,1-3H3. The number of nitrogens with one attached hydrogen (secondary N) is 1. The average Bonchev–Trinajstić information content (AvgIpc) is 2.15. The Labute approximate surface area is 100 Å². The Balaban J connectivity index is 2.16. The second-order valence-corrected chi connectivity index (χ2v) is 5.42. The Morgan fingerprint density at radius 3 is 2.56 bits per heavy atom. The van der Waals surface area contributed by atoms with Crippen molar-refractivity contribution in [2.24, 2.45) is 0 Å². The zero-order valence-electron chi connectivity index (χ0n) is 11.1. The van der Waals surface area contributed by atoms with Crippen molar-refractivity contribution in [3.8, 4) is 0 Å². The maximum absolute atomic E-state index is 9.37. The molecule has 0 amide bonds. The maximum Gasteiger partial charge on any atom is 0.0610 e. The molecule has 1 saturated carbocycles. The van der Waals surface area contributed by atoms with E-state index in [1.54, 1.807) is 0 Å². The van der Waals surface area contributed by atoms with Gasteiger partial charge in [0.25, 0.3) is 0 Å². The van der Waals surface area contributed by atoms with Crippen LogP contribution in [-0.4, -0.2) is 48.3 Å².